The molecular formula is C16H18ClN3O2. The van der Waals surface area contributed by atoms with Crippen LogP contribution in [-0.4, -0.2) is 10.1 Å². The molecule has 0 spiro atoms. The van der Waals surface area contributed by atoms with Gasteiger partial charge in [0.25, 0.3) is 0 Å². The lowest BCUT2D eigenvalue weighted by Gasteiger charge is -2.34. The Morgan fingerprint density at radius 1 is 1.18 bits per heavy atom. The maximum atomic E-state index is 6.19. The van der Waals surface area contributed by atoms with Crippen LogP contribution in [-0.2, 0) is 18.4 Å². The fourth-order valence-corrected chi connectivity index (χ4v) is 2.73. The summed E-state index contributed by atoms with van der Waals surface area (Å²) in [6.45, 7) is 0. The van der Waals surface area contributed by atoms with Gasteiger partial charge in [0.15, 0.2) is 5.82 Å². The van der Waals surface area contributed by atoms with Crippen molar-refractivity contribution in [2.75, 3.05) is 0 Å². The number of hydrogen-bond acceptors (Lipinski definition) is 5. The van der Waals surface area contributed by atoms with E-state index in [1.807, 2.05) is 24.3 Å². The second kappa shape index (κ2) is 5.74. The van der Waals surface area contributed by atoms with Crippen LogP contribution in [0, 0.1) is 0 Å². The fourth-order valence-electron chi connectivity index (χ4n) is 2.73. The Hall–Kier alpha value is -1.85. The Kier molecular flexibility index (Phi) is 3.93. The number of aromatic nitrogens is 2. The van der Waals surface area contributed by atoms with Crippen molar-refractivity contribution in [3.05, 3.63) is 47.8 Å². The Balaban J connectivity index is 0.00000144. The first kappa shape index (κ1) is 15.1. The van der Waals surface area contributed by atoms with Crippen molar-refractivity contribution in [3.8, 4) is 0 Å². The normalized spacial score (nSPS) is 16.2. The highest BCUT2D eigenvalue weighted by Gasteiger charge is 2.38. The van der Waals surface area contributed by atoms with Gasteiger partial charge in [-0.2, -0.15) is 4.98 Å². The number of rotatable bonds is 4. The van der Waals surface area contributed by atoms with Gasteiger partial charge < -0.3 is 14.7 Å². The molecule has 1 aliphatic rings. The molecule has 1 fully saturated rings. The largest absolute Gasteiger partial charge is 0.461 e. The third-order valence-corrected chi connectivity index (χ3v) is 4.22. The molecule has 0 bridgehead atoms. The van der Waals surface area contributed by atoms with E-state index >= 15 is 0 Å². The molecule has 0 saturated heterocycles. The van der Waals surface area contributed by atoms with Crippen molar-refractivity contribution < 1.29 is 8.94 Å². The van der Waals surface area contributed by atoms with E-state index in [1.165, 1.54) is 0 Å². The van der Waals surface area contributed by atoms with E-state index in [0.717, 1.165) is 42.4 Å². The fraction of sp³-hybridized carbons (Fsp3) is 0.375. The minimum absolute atomic E-state index is 0. The van der Waals surface area contributed by atoms with E-state index in [9.17, 15) is 0 Å². The van der Waals surface area contributed by atoms with Crippen LogP contribution in [0.5, 0.6) is 0 Å². The summed E-state index contributed by atoms with van der Waals surface area (Å²) in [6.07, 6.45) is 4.43. The molecule has 2 N–H and O–H groups in total. The average Bonchev–Trinajstić information content (AvgIpc) is 3.09. The molecule has 3 aromatic rings. The molecule has 0 unspecified atom stereocenters. The molecule has 1 aromatic carbocycles. The first-order valence-corrected chi connectivity index (χ1v) is 7.32. The van der Waals surface area contributed by atoms with Crippen LogP contribution in [0.25, 0.3) is 11.0 Å². The molecule has 0 aliphatic heterocycles. The maximum Gasteiger partial charge on any atom is 0.227 e. The van der Waals surface area contributed by atoms with Crippen molar-refractivity contribution >= 4 is 23.4 Å². The van der Waals surface area contributed by atoms with Gasteiger partial charge in [-0.3, -0.25) is 0 Å². The lowest BCUT2D eigenvalue weighted by Crippen LogP contribution is -2.44. The van der Waals surface area contributed by atoms with Gasteiger partial charge in [0.05, 0.1) is 5.54 Å². The highest BCUT2D eigenvalue weighted by atomic mass is 35.5. The molecule has 2 heterocycles. The van der Waals surface area contributed by atoms with Gasteiger partial charge in [-0.1, -0.05) is 23.4 Å². The zero-order valence-corrected chi connectivity index (χ0v) is 12.9. The van der Waals surface area contributed by atoms with Gasteiger partial charge in [0, 0.05) is 18.2 Å². The minimum Gasteiger partial charge on any atom is -0.461 e. The standard InChI is InChI=1S/C16H17N3O2.ClH/c17-16(8-3-9-16)15-18-14(21-19-15)7-6-12-10-11-4-1-2-5-13(11)20-12;/h1-2,4-5,10H,3,6-9,17H2;1H. The molecule has 0 radical (unpaired) electrons. The molecule has 2 aromatic heterocycles. The molecule has 0 amide bonds. The molecule has 6 heteroatoms. The third kappa shape index (κ3) is 2.62. The second-order valence-corrected chi connectivity index (χ2v) is 5.77. The first-order valence-electron chi connectivity index (χ1n) is 7.32. The van der Waals surface area contributed by atoms with Crippen LogP contribution in [0.2, 0.25) is 0 Å². The van der Waals surface area contributed by atoms with Gasteiger partial charge in [0.1, 0.15) is 11.3 Å². The summed E-state index contributed by atoms with van der Waals surface area (Å²) in [5.74, 6) is 2.21. The SMILES string of the molecule is Cl.NC1(c2noc(CCc3cc4ccccc4o3)n2)CCC1. The number of halogens is 1. The summed E-state index contributed by atoms with van der Waals surface area (Å²) < 4.78 is 11.1. The second-order valence-electron chi connectivity index (χ2n) is 5.77. The van der Waals surface area contributed by atoms with Gasteiger partial charge in [0.2, 0.25) is 5.89 Å². The number of hydrogen-bond donors (Lipinski definition) is 1. The highest BCUT2D eigenvalue weighted by molar-refractivity contribution is 5.85. The van der Waals surface area contributed by atoms with Gasteiger partial charge in [-0.25, -0.2) is 0 Å². The Bertz CT molecular complexity index is 743. The summed E-state index contributed by atoms with van der Waals surface area (Å²) in [7, 11) is 0. The third-order valence-electron chi connectivity index (χ3n) is 4.22. The van der Waals surface area contributed by atoms with Crippen molar-refractivity contribution in [1.29, 1.82) is 0 Å². The van der Waals surface area contributed by atoms with E-state index in [-0.39, 0.29) is 17.9 Å². The number of fused-ring (bicyclic) bond motifs is 1. The van der Waals surface area contributed by atoms with Gasteiger partial charge >= 0.3 is 0 Å². The topological polar surface area (TPSA) is 78.1 Å². The van der Waals surface area contributed by atoms with Crippen LogP contribution in [0.1, 0.15) is 36.7 Å². The summed E-state index contributed by atoms with van der Waals surface area (Å²) in [6, 6.07) is 10.0. The number of para-hydroxylation sites is 1. The Labute approximate surface area is 134 Å². The Morgan fingerprint density at radius 2 is 2.00 bits per heavy atom. The number of nitrogens with zero attached hydrogens (tertiary/aromatic N) is 2. The summed E-state index contributed by atoms with van der Waals surface area (Å²) in [4.78, 5) is 4.43. The zero-order chi connectivity index (χ0) is 14.3. The van der Waals surface area contributed by atoms with Crippen molar-refractivity contribution in [1.82, 2.24) is 10.1 Å². The molecule has 22 heavy (non-hydrogen) atoms. The molecule has 4 rings (SSSR count). The highest BCUT2D eigenvalue weighted by Crippen LogP contribution is 2.36. The van der Waals surface area contributed by atoms with Gasteiger partial charge in [-0.05, 0) is 31.4 Å². The van der Waals surface area contributed by atoms with E-state index in [4.69, 9.17) is 14.7 Å². The van der Waals surface area contributed by atoms with Crippen molar-refractivity contribution in [2.45, 2.75) is 37.6 Å². The smallest absolute Gasteiger partial charge is 0.227 e. The number of nitrogens with two attached hydrogens (primary N) is 1. The average molecular weight is 320 g/mol. The Morgan fingerprint density at radius 3 is 2.73 bits per heavy atom. The van der Waals surface area contributed by atoms with E-state index in [0.29, 0.717) is 18.1 Å². The first-order chi connectivity index (χ1) is 10.2. The molecular weight excluding hydrogens is 302 g/mol. The zero-order valence-electron chi connectivity index (χ0n) is 12.1. The summed E-state index contributed by atoms with van der Waals surface area (Å²) in [5, 5.41) is 5.14. The lowest BCUT2D eigenvalue weighted by molar-refractivity contribution is 0.229. The van der Waals surface area contributed by atoms with Crippen LogP contribution in [0.15, 0.2) is 39.3 Å². The van der Waals surface area contributed by atoms with Crippen LogP contribution >= 0.6 is 12.4 Å². The molecule has 5 nitrogen and oxygen atoms in total. The number of aryl methyl sites for hydroxylation is 2. The molecule has 1 saturated carbocycles. The van der Waals surface area contributed by atoms with Crippen LogP contribution in [0.3, 0.4) is 0 Å². The number of furan rings is 1. The summed E-state index contributed by atoms with van der Waals surface area (Å²) in [5.41, 5.74) is 6.74. The quantitative estimate of drug-likeness (QED) is 0.797. The monoisotopic (exact) mass is 319 g/mol. The lowest BCUT2D eigenvalue weighted by atomic mass is 9.77. The minimum atomic E-state index is -0.360. The summed E-state index contributed by atoms with van der Waals surface area (Å²) >= 11 is 0. The van der Waals surface area contributed by atoms with Crippen LogP contribution < -0.4 is 5.73 Å². The number of benzene rings is 1. The van der Waals surface area contributed by atoms with E-state index < -0.39 is 0 Å². The molecule has 1 aliphatic carbocycles. The van der Waals surface area contributed by atoms with E-state index in [1.54, 1.807) is 0 Å². The molecule has 116 valence electrons. The molecule has 0 atom stereocenters. The van der Waals surface area contributed by atoms with Crippen molar-refractivity contribution in [3.63, 3.8) is 0 Å². The van der Waals surface area contributed by atoms with E-state index in [2.05, 4.69) is 16.2 Å². The van der Waals surface area contributed by atoms with Crippen molar-refractivity contribution in [2.24, 2.45) is 5.73 Å². The van der Waals surface area contributed by atoms with Gasteiger partial charge in [-0.15, -0.1) is 12.4 Å². The maximum absolute atomic E-state index is 6.19. The predicted octanol–water partition coefficient (Wildman–Crippen LogP) is 3.36. The predicted molar refractivity (Wildman–Crippen MR) is 84.9 cm³/mol. The van der Waals surface area contributed by atoms with Crippen LogP contribution in [0.4, 0.5) is 0 Å².